The molecule has 0 bridgehead atoms. The Bertz CT molecular complexity index is 1250. The SMILES string of the molecule is CC(=O)O[C@]1(C(=O)COC(=O)CCC(=O)NCC(C)(C)[C@H](O)C(=O)O)CC[C@H]2[C@@H]3CCC4=CC(=O)CC[C@]4(C)[C@H]3CC[C@@]21C. The zero-order chi connectivity index (χ0) is 32.7. The third-order valence-electron chi connectivity index (χ3n) is 11.5. The van der Waals surface area contributed by atoms with Crippen LogP contribution in [0.3, 0.4) is 0 Å². The molecule has 0 saturated heterocycles. The lowest BCUT2D eigenvalue weighted by Crippen LogP contribution is -2.59. The fraction of sp³-hybridized carbons (Fsp3) is 0.758. The van der Waals surface area contributed by atoms with E-state index in [1.165, 1.54) is 26.3 Å². The molecule has 1 amide bonds. The summed E-state index contributed by atoms with van der Waals surface area (Å²) in [5.74, 6) is -2.64. The lowest BCUT2D eigenvalue weighted by molar-refractivity contribution is -0.191. The van der Waals surface area contributed by atoms with Gasteiger partial charge < -0.3 is 25.0 Å². The summed E-state index contributed by atoms with van der Waals surface area (Å²) in [4.78, 5) is 74.3. The number of allylic oxidation sites excluding steroid dienone is 1. The predicted octanol–water partition coefficient (Wildman–Crippen LogP) is 3.30. The molecule has 7 atom stereocenters. The number of ether oxygens (including phenoxy) is 2. The molecule has 0 aromatic heterocycles. The van der Waals surface area contributed by atoms with Crippen LogP contribution >= 0.6 is 0 Å². The fourth-order valence-electron chi connectivity index (χ4n) is 8.88. The van der Waals surface area contributed by atoms with Crippen molar-refractivity contribution in [3.05, 3.63) is 11.6 Å². The maximum atomic E-state index is 13.9. The van der Waals surface area contributed by atoms with Crippen molar-refractivity contribution in [1.82, 2.24) is 5.32 Å². The van der Waals surface area contributed by atoms with E-state index in [0.717, 1.165) is 25.7 Å². The number of carbonyl (C=O) groups excluding carboxylic acids is 5. The predicted molar refractivity (Wildman–Crippen MR) is 157 cm³/mol. The van der Waals surface area contributed by atoms with Crippen molar-refractivity contribution in [3.8, 4) is 0 Å². The number of ketones is 2. The number of amides is 1. The first-order valence-electron chi connectivity index (χ1n) is 15.8. The number of hydrogen-bond acceptors (Lipinski definition) is 9. The Kier molecular flexibility index (Phi) is 9.50. The molecule has 0 spiro atoms. The van der Waals surface area contributed by atoms with Crippen LogP contribution in [0.4, 0.5) is 0 Å². The van der Waals surface area contributed by atoms with Gasteiger partial charge in [-0.3, -0.25) is 24.0 Å². The number of nitrogens with one attached hydrogen (secondary N) is 1. The molecule has 244 valence electrons. The van der Waals surface area contributed by atoms with Crippen molar-refractivity contribution in [2.24, 2.45) is 34.0 Å². The third kappa shape index (κ3) is 6.08. The van der Waals surface area contributed by atoms with E-state index in [2.05, 4.69) is 12.2 Å². The third-order valence-corrected chi connectivity index (χ3v) is 11.5. The molecule has 44 heavy (non-hydrogen) atoms. The molecular weight excluding hydrogens is 570 g/mol. The maximum Gasteiger partial charge on any atom is 0.333 e. The minimum absolute atomic E-state index is 0.0392. The van der Waals surface area contributed by atoms with E-state index in [0.29, 0.717) is 37.5 Å². The number of carbonyl (C=O) groups is 6. The van der Waals surface area contributed by atoms with Crippen molar-refractivity contribution in [2.45, 2.75) is 111 Å². The Morgan fingerprint density at radius 2 is 1.70 bits per heavy atom. The molecule has 3 N–H and O–H groups in total. The second-order valence-electron chi connectivity index (χ2n) is 14.5. The number of rotatable bonds is 11. The molecular formula is C33H47NO10. The number of fused-ring (bicyclic) bond motifs is 5. The van der Waals surface area contributed by atoms with Crippen LogP contribution in [0.25, 0.3) is 0 Å². The van der Waals surface area contributed by atoms with Crippen LogP contribution in [0, 0.1) is 34.0 Å². The Labute approximate surface area is 258 Å². The number of esters is 2. The van der Waals surface area contributed by atoms with Crippen LogP contribution in [0.15, 0.2) is 11.6 Å². The first-order valence-corrected chi connectivity index (χ1v) is 15.8. The van der Waals surface area contributed by atoms with Gasteiger partial charge in [-0.15, -0.1) is 0 Å². The van der Waals surface area contributed by atoms with Crippen molar-refractivity contribution < 1.29 is 48.5 Å². The zero-order valence-corrected chi connectivity index (χ0v) is 26.5. The molecule has 11 nitrogen and oxygen atoms in total. The van der Waals surface area contributed by atoms with Gasteiger partial charge in [0.2, 0.25) is 11.7 Å². The van der Waals surface area contributed by atoms with E-state index in [1.54, 1.807) is 0 Å². The normalized spacial score (nSPS) is 33.5. The molecule has 4 rings (SSSR count). The van der Waals surface area contributed by atoms with E-state index in [9.17, 15) is 33.9 Å². The van der Waals surface area contributed by atoms with E-state index in [1.807, 2.05) is 13.0 Å². The van der Waals surface area contributed by atoms with Gasteiger partial charge in [0.05, 0.1) is 6.42 Å². The number of carboxylic acid groups (broad SMARTS) is 1. The molecule has 3 saturated carbocycles. The van der Waals surface area contributed by atoms with Gasteiger partial charge in [-0.05, 0) is 74.2 Å². The van der Waals surface area contributed by atoms with Gasteiger partial charge in [-0.25, -0.2) is 4.79 Å². The summed E-state index contributed by atoms with van der Waals surface area (Å²) >= 11 is 0. The summed E-state index contributed by atoms with van der Waals surface area (Å²) in [6.07, 6.45) is 5.40. The fourth-order valence-corrected chi connectivity index (χ4v) is 8.88. The molecule has 0 radical (unpaired) electrons. The molecule has 0 unspecified atom stereocenters. The highest BCUT2D eigenvalue weighted by Crippen LogP contribution is 2.68. The van der Waals surface area contributed by atoms with Crippen LogP contribution in [0.5, 0.6) is 0 Å². The maximum absolute atomic E-state index is 13.9. The molecule has 0 aliphatic heterocycles. The standard InChI is InChI=1S/C33H47NO10/c1-19(35)44-33(25(37)17-43-27(39)9-8-26(38)34-18-30(2,3)28(40)29(41)42)15-12-24-22-7-6-20-16-21(36)10-13-31(20,4)23(22)11-14-32(24,33)5/h16,22-24,28,40H,6-15,17-18H2,1-5H3,(H,34,38)(H,41,42)/t22-,23+,24+,28-,31+,32+,33+/m1/s1. The number of aliphatic hydroxyl groups excluding tert-OH is 1. The van der Waals surface area contributed by atoms with Crippen LogP contribution in [0.2, 0.25) is 0 Å². The quantitative estimate of drug-likeness (QED) is 0.292. The molecule has 0 aromatic rings. The summed E-state index contributed by atoms with van der Waals surface area (Å²) in [7, 11) is 0. The first-order chi connectivity index (χ1) is 20.5. The van der Waals surface area contributed by atoms with E-state index < -0.39 is 58.7 Å². The summed E-state index contributed by atoms with van der Waals surface area (Å²) in [5, 5.41) is 21.3. The van der Waals surface area contributed by atoms with Gasteiger partial charge in [-0.2, -0.15) is 0 Å². The number of aliphatic carboxylic acids is 1. The molecule has 0 heterocycles. The van der Waals surface area contributed by atoms with Crippen molar-refractivity contribution in [1.29, 1.82) is 0 Å². The second-order valence-corrected chi connectivity index (χ2v) is 14.5. The van der Waals surface area contributed by atoms with Crippen molar-refractivity contribution in [3.63, 3.8) is 0 Å². The molecule has 3 fully saturated rings. The van der Waals surface area contributed by atoms with Crippen LogP contribution in [-0.4, -0.2) is 70.5 Å². The summed E-state index contributed by atoms with van der Waals surface area (Å²) in [6.45, 7) is 7.90. The largest absolute Gasteiger partial charge is 0.479 e. The van der Waals surface area contributed by atoms with E-state index in [-0.39, 0.29) is 36.5 Å². The highest BCUT2D eigenvalue weighted by atomic mass is 16.6. The number of Topliss-reactive ketones (excluding diaryl/α,β-unsaturated/α-hetero) is 1. The lowest BCUT2D eigenvalue weighted by Gasteiger charge is -2.59. The number of aliphatic hydroxyl groups is 1. The van der Waals surface area contributed by atoms with Crippen LogP contribution in [-0.2, 0) is 38.2 Å². The zero-order valence-electron chi connectivity index (χ0n) is 26.5. The van der Waals surface area contributed by atoms with Gasteiger partial charge in [0.25, 0.3) is 0 Å². The summed E-state index contributed by atoms with van der Waals surface area (Å²) in [5.41, 5.74) is -1.96. The Morgan fingerprint density at radius 3 is 2.36 bits per heavy atom. The molecule has 11 heteroatoms. The lowest BCUT2D eigenvalue weighted by atomic mass is 9.46. The first kappa shape index (κ1) is 33.8. The number of hydrogen-bond donors (Lipinski definition) is 3. The van der Waals surface area contributed by atoms with Crippen molar-refractivity contribution in [2.75, 3.05) is 13.2 Å². The average Bonchev–Trinajstić information content (AvgIpc) is 3.25. The van der Waals surface area contributed by atoms with Gasteiger partial charge >= 0.3 is 17.9 Å². The smallest absolute Gasteiger partial charge is 0.333 e. The topological polar surface area (TPSA) is 173 Å². The van der Waals surface area contributed by atoms with Crippen LogP contribution in [0.1, 0.15) is 98.8 Å². The van der Waals surface area contributed by atoms with Gasteiger partial charge in [0.15, 0.2) is 24.1 Å². The van der Waals surface area contributed by atoms with Gasteiger partial charge in [0, 0.05) is 37.1 Å². The van der Waals surface area contributed by atoms with Crippen molar-refractivity contribution >= 4 is 35.4 Å². The highest BCUT2D eigenvalue weighted by Gasteiger charge is 2.68. The van der Waals surface area contributed by atoms with Crippen LogP contribution < -0.4 is 5.32 Å². The molecule has 4 aliphatic carbocycles. The minimum atomic E-state index is -1.68. The van der Waals surface area contributed by atoms with Gasteiger partial charge in [0.1, 0.15) is 0 Å². The minimum Gasteiger partial charge on any atom is -0.479 e. The second kappa shape index (κ2) is 12.4. The van der Waals surface area contributed by atoms with E-state index in [4.69, 9.17) is 14.6 Å². The number of carboxylic acids is 1. The Hall–Kier alpha value is -3.08. The summed E-state index contributed by atoms with van der Waals surface area (Å²) < 4.78 is 11.2. The average molecular weight is 618 g/mol. The molecule has 0 aromatic carbocycles. The Morgan fingerprint density at radius 1 is 1.02 bits per heavy atom. The summed E-state index contributed by atoms with van der Waals surface area (Å²) in [6, 6.07) is 0. The van der Waals surface area contributed by atoms with Gasteiger partial charge in [-0.1, -0.05) is 33.3 Å². The Balaban J connectivity index is 1.39. The van der Waals surface area contributed by atoms with E-state index >= 15 is 0 Å². The molecule has 4 aliphatic rings. The highest BCUT2D eigenvalue weighted by molar-refractivity contribution is 5.93. The monoisotopic (exact) mass is 617 g/mol.